The molecular weight excluding hydrogens is 478 g/mol. The molecule has 1 amide bonds. The molecule has 0 saturated carbocycles. The fourth-order valence-corrected chi connectivity index (χ4v) is 4.56. The van der Waals surface area contributed by atoms with E-state index in [0.717, 1.165) is 41.3 Å². The summed E-state index contributed by atoms with van der Waals surface area (Å²) in [6.07, 6.45) is 3.35. The lowest BCUT2D eigenvalue weighted by molar-refractivity contribution is -0.160. The summed E-state index contributed by atoms with van der Waals surface area (Å²) >= 11 is 5.89. The lowest BCUT2D eigenvalue weighted by atomic mass is 9.99. The molecule has 0 spiro atoms. The van der Waals surface area contributed by atoms with E-state index in [0.29, 0.717) is 12.1 Å². The van der Waals surface area contributed by atoms with Gasteiger partial charge in [-0.3, -0.25) is 14.5 Å². The van der Waals surface area contributed by atoms with Gasteiger partial charge in [-0.15, -0.1) is 0 Å². The minimum Gasteiger partial charge on any atom is -0.506 e. The number of hydrogen-bond acceptors (Lipinski definition) is 6. The van der Waals surface area contributed by atoms with Crippen molar-refractivity contribution in [3.05, 3.63) is 76.3 Å². The van der Waals surface area contributed by atoms with Crippen LogP contribution < -0.4 is 5.43 Å². The van der Waals surface area contributed by atoms with Crippen LogP contribution in [0.1, 0.15) is 55.1 Å². The van der Waals surface area contributed by atoms with Gasteiger partial charge < -0.3 is 9.84 Å². The first-order valence-corrected chi connectivity index (χ1v) is 12.3. The number of halogens is 1. The smallest absolute Gasteiger partial charge is 0.323 e. The number of fused-ring (bicyclic) bond motifs is 1. The molecule has 7 nitrogen and oxygen atoms in total. The van der Waals surface area contributed by atoms with E-state index in [2.05, 4.69) is 21.5 Å². The molecule has 1 heterocycles. The third-order valence-electron chi connectivity index (χ3n) is 6.04. The fourth-order valence-electron chi connectivity index (χ4n) is 4.38. The van der Waals surface area contributed by atoms with Crippen molar-refractivity contribution in [3.8, 4) is 5.75 Å². The maximum absolute atomic E-state index is 12.8. The molecule has 1 fully saturated rings. The topological polar surface area (TPSA) is 91.2 Å². The zero-order chi connectivity index (χ0) is 25.9. The highest BCUT2D eigenvalue weighted by atomic mass is 35.5. The van der Waals surface area contributed by atoms with Gasteiger partial charge in [0.2, 0.25) is 0 Å². The normalized spacial score (nSPS) is 16.5. The van der Waals surface area contributed by atoms with Crippen LogP contribution in [0.5, 0.6) is 5.75 Å². The first-order chi connectivity index (χ1) is 17.1. The Morgan fingerprint density at radius 1 is 1.17 bits per heavy atom. The Morgan fingerprint density at radius 2 is 1.92 bits per heavy atom. The van der Waals surface area contributed by atoms with Gasteiger partial charge in [-0.05, 0) is 74.7 Å². The van der Waals surface area contributed by atoms with Crippen molar-refractivity contribution in [1.82, 2.24) is 10.3 Å². The molecule has 0 aromatic heterocycles. The number of hydrogen-bond donors (Lipinski definition) is 2. The number of nitrogens with one attached hydrogen (secondary N) is 1. The molecule has 1 aliphatic heterocycles. The van der Waals surface area contributed by atoms with Crippen molar-refractivity contribution in [3.63, 3.8) is 0 Å². The van der Waals surface area contributed by atoms with Crippen LogP contribution >= 0.6 is 11.6 Å². The molecule has 3 aromatic rings. The standard InChI is InChI=1S/C28H30ClN3O4/c1-28(2,3)36-27(35)24-9-6-14-32(24)17-20-11-10-19(21-7-4-5-8-22(20)21)16-30-31-26(34)18-12-13-25(33)23(29)15-18/h4-5,7-8,10-13,15-16,24,33H,6,9,14,17H2,1-3H3,(H,31,34)/b30-16+. The van der Waals surface area contributed by atoms with Crippen molar-refractivity contribution in [2.75, 3.05) is 6.54 Å². The van der Waals surface area contributed by atoms with Crippen molar-refractivity contribution in [2.45, 2.75) is 51.8 Å². The van der Waals surface area contributed by atoms with E-state index in [1.165, 1.54) is 18.2 Å². The van der Waals surface area contributed by atoms with E-state index >= 15 is 0 Å². The van der Waals surface area contributed by atoms with E-state index in [1.54, 1.807) is 6.21 Å². The average Bonchev–Trinajstić information content (AvgIpc) is 3.29. The van der Waals surface area contributed by atoms with Crippen molar-refractivity contribution < 1.29 is 19.4 Å². The van der Waals surface area contributed by atoms with Gasteiger partial charge in [-0.1, -0.05) is 48.0 Å². The zero-order valence-corrected chi connectivity index (χ0v) is 21.4. The molecule has 36 heavy (non-hydrogen) atoms. The molecule has 1 saturated heterocycles. The molecule has 0 bridgehead atoms. The molecule has 188 valence electrons. The second kappa shape index (κ2) is 10.7. The Balaban J connectivity index is 1.51. The summed E-state index contributed by atoms with van der Waals surface area (Å²) in [7, 11) is 0. The minimum absolute atomic E-state index is 0.0883. The summed E-state index contributed by atoms with van der Waals surface area (Å²) < 4.78 is 5.65. The van der Waals surface area contributed by atoms with Crippen LogP contribution in [0.4, 0.5) is 0 Å². The van der Waals surface area contributed by atoms with Gasteiger partial charge in [-0.2, -0.15) is 5.10 Å². The summed E-state index contributed by atoms with van der Waals surface area (Å²) in [5.74, 6) is -0.690. The first-order valence-electron chi connectivity index (χ1n) is 11.9. The number of ether oxygens (including phenoxy) is 1. The van der Waals surface area contributed by atoms with Gasteiger partial charge in [0, 0.05) is 17.7 Å². The minimum atomic E-state index is -0.511. The lowest BCUT2D eigenvalue weighted by Gasteiger charge is -2.27. The average molecular weight is 508 g/mol. The van der Waals surface area contributed by atoms with Gasteiger partial charge in [0.25, 0.3) is 5.91 Å². The van der Waals surface area contributed by atoms with Crippen LogP contribution in [0.2, 0.25) is 5.02 Å². The largest absolute Gasteiger partial charge is 0.506 e. The third kappa shape index (κ3) is 6.04. The molecule has 0 aliphatic carbocycles. The monoisotopic (exact) mass is 507 g/mol. The number of rotatable bonds is 6. The van der Waals surface area contributed by atoms with Crippen LogP contribution in [0.25, 0.3) is 10.8 Å². The van der Waals surface area contributed by atoms with Crippen LogP contribution in [0, 0.1) is 0 Å². The van der Waals surface area contributed by atoms with Crippen LogP contribution in [0.3, 0.4) is 0 Å². The number of amides is 1. The van der Waals surface area contributed by atoms with Crippen LogP contribution in [-0.2, 0) is 16.1 Å². The van der Waals surface area contributed by atoms with Crippen molar-refractivity contribution in [1.29, 1.82) is 0 Å². The molecule has 1 unspecified atom stereocenters. The van der Waals surface area contributed by atoms with Gasteiger partial charge in [-0.25, -0.2) is 5.43 Å². The molecule has 4 rings (SSSR count). The summed E-state index contributed by atoms with van der Waals surface area (Å²) in [6.45, 7) is 7.15. The predicted octanol–water partition coefficient (Wildman–Crippen LogP) is 5.27. The van der Waals surface area contributed by atoms with E-state index in [4.69, 9.17) is 16.3 Å². The van der Waals surface area contributed by atoms with Gasteiger partial charge in [0.05, 0.1) is 11.2 Å². The summed E-state index contributed by atoms with van der Waals surface area (Å²) in [5, 5.41) is 15.8. The number of nitrogens with zero attached hydrogens (tertiary/aromatic N) is 2. The number of carbonyl (C=O) groups excluding carboxylic acids is 2. The van der Waals surface area contributed by atoms with Gasteiger partial charge in [0.15, 0.2) is 0 Å². The zero-order valence-electron chi connectivity index (χ0n) is 20.6. The molecule has 1 atom stereocenters. The number of aromatic hydroxyl groups is 1. The number of likely N-dealkylation sites (tertiary alicyclic amines) is 1. The molecule has 0 radical (unpaired) electrons. The maximum atomic E-state index is 12.8. The Bertz CT molecular complexity index is 1320. The quantitative estimate of drug-likeness (QED) is 0.269. The number of esters is 1. The Kier molecular flexibility index (Phi) is 7.62. The van der Waals surface area contributed by atoms with Crippen molar-refractivity contribution >= 4 is 40.5 Å². The molecular formula is C28H30ClN3O4. The van der Waals surface area contributed by atoms with Crippen LogP contribution in [0.15, 0.2) is 59.7 Å². The predicted molar refractivity (Wildman–Crippen MR) is 141 cm³/mol. The summed E-state index contributed by atoms with van der Waals surface area (Å²) in [5.41, 5.74) is 4.24. The van der Waals surface area contributed by atoms with Gasteiger partial charge in [0.1, 0.15) is 17.4 Å². The lowest BCUT2D eigenvalue weighted by Crippen LogP contribution is -2.40. The second-order valence-corrected chi connectivity index (χ2v) is 10.3. The Labute approximate surface area is 215 Å². The third-order valence-corrected chi connectivity index (χ3v) is 6.35. The SMILES string of the molecule is CC(C)(C)OC(=O)C1CCCN1Cc1ccc(/C=N/NC(=O)c2ccc(O)c(Cl)c2)c2ccccc12. The molecule has 1 aliphatic rings. The van der Waals surface area contributed by atoms with E-state index in [-0.39, 0.29) is 22.8 Å². The van der Waals surface area contributed by atoms with Crippen LogP contribution in [-0.4, -0.2) is 46.3 Å². The Morgan fingerprint density at radius 3 is 2.64 bits per heavy atom. The second-order valence-electron chi connectivity index (χ2n) is 9.89. The summed E-state index contributed by atoms with van der Waals surface area (Å²) in [4.78, 5) is 27.3. The number of phenolic OH excluding ortho intramolecular Hbond substituents is 1. The fraction of sp³-hybridized carbons (Fsp3) is 0.321. The number of benzene rings is 3. The number of phenols is 1. The Hall–Kier alpha value is -3.42. The highest BCUT2D eigenvalue weighted by molar-refractivity contribution is 6.32. The van der Waals surface area contributed by atoms with Crippen molar-refractivity contribution in [2.24, 2.45) is 5.10 Å². The van der Waals surface area contributed by atoms with E-state index in [9.17, 15) is 14.7 Å². The summed E-state index contributed by atoms with van der Waals surface area (Å²) in [6, 6.07) is 16.0. The number of carbonyl (C=O) groups is 2. The highest BCUT2D eigenvalue weighted by Gasteiger charge is 2.34. The van der Waals surface area contributed by atoms with Gasteiger partial charge >= 0.3 is 5.97 Å². The molecule has 8 heteroatoms. The van der Waals surface area contributed by atoms with E-state index < -0.39 is 11.5 Å². The number of hydrazone groups is 1. The maximum Gasteiger partial charge on any atom is 0.323 e. The first kappa shape index (κ1) is 25.7. The highest BCUT2D eigenvalue weighted by Crippen LogP contribution is 2.28. The van der Waals surface area contributed by atoms with E-state index in [1.807, 2.05) is 51.1 Å². The molecule has 2 N–H and O–H groups in total. The molecule has 3 aromatic carbocycles.